The van der Waals surface area contributed by atoms with Crippen molar-refractivity contribution in [1.82, 2.24) is 15.1 Å². The summed E-state index contributed by atoms with van der Waals surface area (Å²) in [5.41, 5.74) is 2.09. The first-order valence-electron chi connectivity index (χ1n) is 9.40. The van der Waals surface area contributed by atoms with Crippen molar-refractivity contribution in [3.05, 3.63) is 60.2 Å². The molecule has 6 nitrogen and oxygen atoms in total. The molecular formula is C21H28N4O2. The van der Waals surface area contributed by atoms with Crippen LogP contribution in [-0.2, 0) is 6.54 Å². The summed E-state index contributed by atoms with van der Waals surface area (Å²) in [4.78, 5) is 16.9. The van der Waals surface area contributed by atoms with Gasteiger partial charge in [0.1, 0.15) is 5.75 Å². The largest absolute Gasteiger partial charge is 0.497 e. The molecule has 0 bridgehead atoms. The average molecular weight is 368 g/mol. The molecule has 0 spiro atoms. The fourth-order valence-electron chi connectivity index (χ4n) is 3.22. The molecule has 0 radical (unpaired) electrons. The van der Waals surface area contributed by atoms with Gasteiger partial charge in [-0.3, -0.25) is 9.80 Å². The van der Waals surface area contributed by atoms with Gasteiger partial charge < -0.3 is 15.4 Å². The van der Waals surface area contributed by atoms with E-state index in [9.17, 15) is 4.79 Å². The Hall–Kier alpha value is -2.57. The molecule has 2 N–H and O–H groups in total. The fraction of sp³-hybridized carbons (Fsp3) is 0.381. The van der Waals surface area contributed by atoms with Gasteiger partial charge >= 0.3 is 6.03 Å². The lowest BCUT2D eigenvalue weighted by molar-refractivity contribution is 0.128. The second-order valence-corrected chi connectivity index (χ2v) is 6.72. The van der Waals surface area contributed by atoms with E-state index in [4.69, 9.17) is 4.74 Å². The van der Waals surface area contributed by atoms with Gasteiger partial charge in [0.25, 0.3) is 0 Å². The molecule has 0 aliphatic carbocycles. The highest BCUT2D eigenvalue weighted by Crippen LogP contribution is 2.16. The summed E-state index contributed by atoms with van der Waals surface area (Å²) >= 11 is 0. The zero-order chi connectivity index (χ0) is 18.9. The van der Waals surface area contributed by atoms with Crippen LogP contribution in [0.4, 0.5) is 10.5 Å². The highest BCUT2D eigenvalue weighted by atomic mass is 16.5. The number of amides is 2. The summed E-state index contributed by atoms with van der Waals surface area (Å²) < 4.78 is 5.16. The third kappa shape index (κ3) is 6.27. The molecular weight excluding hydrogens is 340 g/mol. The number of benzene rings is 2. The maximum Gasteiger partial charge on any atom is 0.319 e. The van der Waals surface area contributed by atoms with Gasteiger partial charge in [-0.2, -0.15) is 0 Å². The smallest absolute Gasteiger partial charge is 0.319 e. The maximum absolute atomic E-state index is 12.0. The van der Waals surface area contributed by atoms with Crippen LogP contribution in [-0.4, -0.2) is 62.2 Å². The number of ether oxygens (including phenoxy) is 1. The SMILES string of the molecule is COc1cccc(NC(=O)NCCN2CCN(Cc3ccccc3)CC2)c1. The van der Waals surface area contributed by atoms with Crippen molar-refractivity contribution in [2.45, 2.75) is 6.54 Å². The lowest BCUT2D eigenvalue weighted by Gasteiger charge is -2.34. The minimum atomic E-state index is -0.189. The quantitative estimate of drug-likeness (QED) is 0.789. The molecule has 144 valence electrons. The van der Waals surface area contributed by atoms with Gasteiger partial charge in [0.2, 0.25) is 0 Å². The van der Waals surface area contributed by atoms with Crippen LogP contribution in [0.5, 0.6) is 5.75 Å². The van der Waals surface area contributed by atoms with Crippen LogP contribution in [0.2, 0.25) is 0 Å². The van der Waals surface area contributed by atoms with Crippen LogP contribution in [0.25, 0.3) is 0 Å². The van der Waals surface area contributed by atoms with Crippen molar-refractivity contribution in [1.29, 1.82) is 0 Å². The van der Waals surface area contributed by atoms with Crippen molar-refractivity contribution in [3.8, 4) is 5.75 Å². The normalized spacial score (nSPS) is 15.3. The summed E-state index contributed by atoms with van der Waals surface area (Å²) in [6.45, 7) is 6.70. The van der Waals surface area contributed by atoms with E-state index in [2.05, 4.69) is 50.8 Å². The number of nitrogens with one attached hydrogen (secondary N) is 2. The Morgan fingerprint density at radius 3 is 2.48 bits per heavy atom. The summed E-state index contributed by atoms with van der Waals surface area (Å²) in [6, 6.07) is 17.7. The summed E-state index contributed by atoms with van der Waals surface area (Å²) in [5.74, 6) is 0.723. The first-order chi connectivity index (χ1) is 13.2. The predicted octanol–water partition coefficient (Wildman–Crippen LogP) is 2.63. The Labute approximate surface area is 161 Å². The molecule has 3 rings (SSSR count). The van der Waals surface area contributed by atoms with E-state index in [1.54, 1.807) is 13.2 Å². The number of methoxy groups -OCH3 is 1. The van der Waals surface area contributed by atoms with E-state index in [0.717, 1.165) is 50.7 Å². The molecule has 0 unspecified atom stereocenters. The number of carbonyl (C=O) groups excluding carboxylic acids is 1. The Bertz CT molecular complexity index is 715. The van der Waals surface area contributed by atoms with Crippen LogP contribution < -0.4 is 15.4 Å². The van der Waals surface area contributed by atoms with Crippen LogP contribution in [0.15, 0.2) is 54.6 Å². The number of nitrogens with zero attached hydrogens (tertiary/aromatic N) is 2. The number of piperazine rings is 1. The maximum atomic E-state index is 12.0. The van der Waals surface area contributed by atoms with Gasteiger partial charge in [-0.15, -0.1) is 0 Å². The van der Waals surface area contributed by atoms with Crippen molar-refractivity contribution < 1.29 is 9.53 Å². The summed E-state index contributed by atoms with van der Waals surface area (Å²) in [6.07, 6.45) is 0. The van der Waals surface area contributed by atoms with Crippen molar-refractivity contribution in [2.75, 3.05) is 51.7 Å². The second-order valence-electron chi connectivity index (χ2n) is 6.72. The Balaban J connectivity index is 1.32. The predicted molar refractivity (Wildman–Crippen MR) is 108 cm³/mol. The van der Waals surface area contributed by atoms with E-state index in [-0.39, 0.29) is 6.03 Å². The average Bonchev–Trinajstić information content (AvgIpc) is 2.70. The minimum absolute atomic E-state index is 0.189. The van der Waals surface area contributed by atoms with E-state index < -0.39 is 0 Å². The standard InChI is InChI=1S/C21H28N4O2/c1-27-20-9-5-8-19(16-20)23-21(26)22-10-11-24-12-14-25(15-13-24)17-18-6-3-2-4-7-18/h2-9,16H,10-15,17H2,1H3,(H2,22,23,26). The zero-order valence-electron chi connectivity index (χ0n) is 15.9. The third-order valence-electron chi connectivity index (χ3n) is 4.76. The fourth-order valence-corrected chi connectivity index (χ4v) is 3.22. The number of hydrogen-bond acceptors (Lipinski definition) is 4. The van der Waals surface area contributed by atoms with Gasteiger partial charge in [0.15, 0.2) is 0 Å². The Morgan fingerprint density at radius 1 is 1.00 bits per heavy atom. The van der Waals surface area contributed by atoms with Crippen LogP contribution >= 0.6 is 0 Å². The molecule has 6 heteroatoms. The lowest BCUT2D eigenvalue weighted by atomic mass is 10.2. The minimum Gasteiger partial charge on any atom is -0.497 e. The van der Waals surface area contributed by atoms with E-state index >= 15 is 0 Å². The third-order valence-corrected chi connectivity index (χ3v) is 4.76. The Kier molecular flexibility index (Phi) is 7.07. The summed E-state index contributed by atoms with van der Waals surface area (Å²) in [7, 11) is 1.61. The van der Waals surface area contributed by atoms with Crippen LogP contribution in [0, 0.1) is 0 Å². The lowest BCUT2D eigenvalue weighted by Crippen LogP contribution is -2.48. The molecule has 1 heterocycles. The molecule has 0 saturated carbocycles. The molecule has 2 amide bonds. The van der Waals surface area contributed by atoms with Crippen molar-refractivity contribution >= 4 is 11.7 Å². The number of anilines is 1. The topological polar surface area (TPSA) is 56.8 Å². The first-order valence-corrected chi connectivity index (χ1v) is 9.40. The van der Waals surface area contributed by atoms with Gasteiger partial charge in [0, 0.05) is 57.6 Å². The highest BCUT2D eigenvalue weighted by molar-refractivity contribution is 5.89. The molecule has 1 fully saturated rings. The number of rotatable bonds is 7. The van der Waals surface area contributed by atoms with E-state index in [1.165, 1.54) is 5.56 Å². The molecule has 2 aromatic carbocycles. The van der Waals surface area contributed by atoms with E-state index in [0.29, 0.717) is 6.54 Å². The van der Waals surface area contributed by atoms with Gasteiger partial charge in [-0.1, -0.05) is 36.4 Å². The van der Waals surface area contributed by atoms with Gasteiger partial charge in [-0.05, 0) is 17.7 Å². The first kappa shape index (κ1) is 19.2. The molecule has 27 heavy (non-hydrogen) atoms. The molecule has 0 aromatic heterocycles. The highest BCUT2D eigenvalue weighted by Gasteiger charge is 2.16. The van der Waals surface area contributed by atoms with Crippen LogP contribution in [0.3, 0.4) is 0 Å². The van der Waals surface area contributed by atoms with Crippen molar-refractivity contribution in [2.24, 2.45) is 0 Å². The zero-order valence-corrected chi connectivity index (χ0v) is 15.9. The molecule has 2 aromatic rings. The number of urea groups is 1. The van der Waals surface area contributed by atoms with E-state index in [1.807, 2.05) is 18.2 Å². The Morgan fingerprint density at radius 2 is 1.74 bits per heavy atom. The van der Waals surface area contributed by atoms with Gasteiger partial charge in [0.05, 0.1) is 7.11 Å². The van der Waals surface area contributed by atoms with Crippen LogP contribution in [0.1, 0.15) is 5.56 Å². The van der Waals surface area contributed by atoms with Crippen molar-refractivity contribution in [3.63, 3.8) is 0 Å². The number of carbonyl (C=O) groups is 1. The number of hydrogen-bond donors (Lipinski definition) is 2. The molecule has 1 aliphatic rings. The monoisotopic (exact) mass is 368 g/mol. The molecule has 1 aliphatic heterocycles. The van der Waals surface area contributed by atoms with Gasteiger partial charge in [-0.25, -0.2) is 4.79 Å². The molecule has 1 saturated heterocycles. The summed E-state index contributed by atoms with van der Waals surface area (Å²) in [5, 5.41) is 5.75. The molecule has 0 atom stereocenters. The second kappa shape index (κ2) is 9.94.